The van der Waals surface area contributed by atoms with Gasteiger partial charge >= 0.3 is 0 Å². The number of benzene rings is 2. The van der Waals surface area contributed by atoms with E-state index in [1.807, 2.05) is 42.3 Å². The zero-order valence-electron chi connectivity index (χ0n) is 11.9. The predicted molar refractivity (Wildman–Crippen MR) is 85.8 cm³/mol. The molecule has 2 rings (SSSR count). The Morgan fingerprint density at radius 3 is 2.67 bits per heavy atom. The van der Waals surface area contributed by atoms with Gasteiger partial charge in [0.15, 0.2) is 5.78 Å². The van der Waals surface area contributed by atoms with E-state index in [1.165, 1.54) is 6.07 Å². The van der Waals surface area contributed by atoms with Crippen molar-refractivity contribution in [3.05, 3.63) is 69.9 Å². The van der Waals surface area contributed by atoms with Gasteiger partial charge in [-0.15, -0.1) is 0 Å². The van der Waals surface area contributed by atoms with Gasteiger partial charge in [0.05, 0.1) is 0 Å². The van der Waals surface area contributed by atoms with E-state index in [9.17, 15) is 9.18 Å². The molecule has 2 aromatic carbocycles. The topological polar surface area (TPSA) is 20.3 Å². The number of carbonyl (C=O) groups excluding carboxylic acids is 1. The fourth-order valence-electron chi connectivity index (χ4n) is 2.10. The van der Waals surface area contributed by atoms with Gasteiger partial charge in [-0.05, 0) is 25.2 Å². The lowest BCUT2D eigenvalue weighted by atomic mass is 10.1. The van der Waals surface area contributed by atoms with Crippen LogP contribution in [0.3, 0.4) is 0 Å². The average Bonchev–Trinajstić information content (AvgIpc) is 2.47. The second kappa shape index (κ2) is 7.48. The molecule has 0 amide bonds. The van der Waals surface area contributed by atoms with Crippen molar-refractivity contribution in [2.45, 2.75) is 13.0 Å². The van der Waals surface area contributed by atoms with E-state index in [4.69, 9.17) is 0 Å². The summed E-state index contributed by atoms with van der Waals surface area (Å²) in [5, 5.41) is 0. The summed E-state index contributed by atoms with van der Waals surface area (Å²) >= 11 is 3.36. The molecule has 0 fully saturated rings. The van der Waals surface area contributed by atoms with E-state index in [0.717, 1.165) is 4.47 Å². The summed E-state index contributed by atoms with van der Waals surface area (Å²) in [5.74, 6) is -0.112. The van der Waals surface area contributed by atoms with E-state index in [0.29, 0.717) is 30.6 Å². The largest absolute Gasteiger partial charge is 0.302 e. The van der Waals surface area contributed by atoms with Gasteiger partial charge in [-0.2, -0.15) is 0 Å². The van der Waals surface area contributed by atoms with Gasteiger partial charge in [-0.1, -0.05) is 46.3 Å². The van der Waals surface area contributed by atoms with Crippen molar-refractivity contribution in [1.29, 1.82) is 0 Å². The molecule has 0 aliphatic heterocycles. The van der Waals surface area contributed by atoms with Gasteiger partial charge in [-0.3, -0.25) is 4.79 Å². The standard InChI is InChI=1S/C17H17BrFNO/c1-20(12-14-5-2-3-8-16(14)19)10-9-17(21)13-6-4-7-15(18)11-13/h2-8,11H,9-10,12H2,1H3. The second-order valence-corrected chi connectivity index (χ2v) is 5.93. The summed E-state index contributed by atoms with van der Waals surface area (Å²) in [4.78, 5) is 14.1. The fourth-order valence-corrected chi connectivity index (χ4v) is 2.49. The van der Waals surface area contributed by atoms with Crippen LogP contribution >= 0.6 is 15.9 Å². The van der Waals surface area contributed by atoms with Crippen molar-refractivity contribution < 1.29 is 9.18 Å². The minimum Gasteiger partial charge on any atom is -0.302 e. The molecule has 0 N–H and O–H groups in total. The first-order valence-corrected chi connectivity index (χ1v) is 7.56. The summed E-state index contributed by atoms with van der Waals surface area (Å²) in [5.41, 5.74) is 1.35. The molecule has 110 valence electrons. The Labute approximate surface area is 132 Å². The summed E-state index contributed by atoms with van der Waals surface area (Å²) < 4.78 is 14.5. The molecule has 4 heteroatoms. The third-order valence-corrected chi connectivity index (χ3v) is 3.76. The van der Waals surface area contributed by atoms with Gasteiger partial charge in [0.2, 0.25) is 0 Å². The van der Waals surface area contributed by atoms with E-state index < -0.39 is 0 Å². The second-order valence-electron chi connectivity index (χ2n) is 5.01. The highest BCUT2D eigenvalue weighted by Crippen LogP contribution is 2.14. The van der Waals surface area contributed by atoms with Crippen molar-refractivity contribution in [2.75, 3.05) is 13.6 Å². The molecule has 0 heterocycles. The SMILES string of the molecule is CN(CCC(=O)c1cccc(Br)c1)Cc1ccccc1F. The zero-order valence-corrected chi connectivity index (χ0v) is 13.4. The van der Waals surface area contributed by atoms with Crippen LogP contribution in [-0.2, 0) is 6.54 Å². The molecule has 0 aliphatic carbocycles. The molecule has 0 unspecified atom stereocenters. The Hall–Kier alpha value is -1.52. The smallest absolute Gasteiger partial charge is 0.164 e. The average molecular weight is 350 g/mol. The number of rotatable bonds is 6. The van der Waals surface area contributed by atoms with Gasteiger partial charge in [0.1, 0.15) is 5.82 Å². The summed E-state index contributed by atoms with van der Waals surface area (Å²) in [6.45, 7) is 1.10. The van der Waals surface area contributed by atoms with Crippen LogP contribution in [0.25, 0.3) is 0 Å². The van der Waals surface area contributed by atoms with Crippen LogP contribution in [0.15, 0.2) is 53.0 Å². The zero-order chi connectivity index (χ0) is 15.2. The molecule has 0 aliphatic rings. The molecule has 21 heavy (non-hydrogen) atoms. The van der Waals surface area contributed by atoms with Crippen molar-refractivity contribution in [1.82, 2.24) is 4.90 Å². The highest BCUT2D eigenvalue weighted by atomic mass is 79.9. The van der Waals surface area contributed by atoms with Gasteiger partial charge in [-0.25, -0.2) is 4.39 Å². The highest BCUT2D eigenvalue weighted by molar-refractivity contribution is 9.10. The van der Waals surface area contributed by atoms with Crippen LogP contribution in [0.4, 0.5) is 4.39 Å². The quantitative estimate of drug-likeness (QED) is 0.725. The van der Waals surface area contributed by atoms with Crippen molar-refractivity contribution in [3.8, 4) is 0 Å². The number of nitrogens with zero attached hydrogens (tertiary/aromatic N) is 1. The third-order valence-electron chi connectivity index (χ3n) is 3.27. The first-order chi connectivity index (χ1) is 10.1. The Bertz CT molecular complexity index is 630. The molecule has 0 bridgehead atoms. The van der Waals surface area contributed by atoms with Crippen molar-refractivity contribution >= 4 is 21.7 Å². The van der Waals surface area contributed by atoms with E-state index >= 15 is 0 Å². The Morgan fingerprint density at radius 2 is 1.95 bits per heavy atom. The van der Waals surface area contributed by atoms with Crippen LogP contribution < -0.4 is 0 Å². The first kappa shape index (κ1) is 15.9. The number of ketones is 1. The van der Waals surface area contributed by atoms with E-state index in [2.05, 4.69) is 15.9 Å². The Kier molecular flexibility index (Phi) is 5.65. The maximum Gasteiger partial charge on any atom is 0.164 e. The van der Waals surface area contributed by atoms with Crippen LogP contribution in [0.5, 0.6) is 0 Å². The molecule has 0 saturated carbocycles. The molecule has 0 atom stereocenters. The van der Waals surface area contributed by atoms with Crippen LogP contribution in [0.2, 0.25) is 0 Å². The first-order valence-electron chi connectivity index (χ1n) is 6.77. The molecular weight excluding hydrogens is 333 g/mol. The predicted octanol–water partition coefficient (Wildman–Crippen LogP) is 4.29. The van der Waals surface area contributed by atoms with Crippen molar-refractivity contribution in [2.24, 2.45) is 0 Å². The maximum atomic E-state index is 13.6. The molecule has 0 spiro atoms. The van der Waals surface area contributed by atoms with Crippen LogP contribution in [0.1, 0.15) is 22.3 Å². The monoisotopic (exact) mass is 349 g/mol. The number of hydrogen-bond donors (Lipinski definition) is 0. The molecule has 0 radical (unpaired) electrons. The third kappa shape index (κ3) is 4.76. The van der Waals surface area contributed by atoms with Crippen molar-refractivity contribution in [3.63, 3.8) is 0 Å². The fraction of sp³-hybridized carbons (Fsp3) is 0.235. The summed E-state index contributed by atoms with van der Waals surface area (Å²) in [7, 11) is 1.89. The van der Waals surface area contributed by atoms with Gasteiger partial charge in [0.25, 0.3) is 0 Å². The normalized spacial score (nSPS) is 10.9. The minimum absolute atomic E-state index is 0.0942. The van der Waals surface area contributed by atoms with E-state index in [1.54, 1.807) is 12.1 Å². The lowest BCUT2D eigenvalue weighted by Gasteiger charge is -2.16. The molecule has 0 aromatic heterocycles. The number of carbonyl (C=O) groups is 1. The number of halogens is 2. The molecule has 2 nitrogen and oxygen atoms in total. The summed E-state index contributed by atoms with van der Waals surface area (Å²) in [6.07, 6.45) is 0.418. The number of Topliss-reactive ketones (excluding diaryl/α,β-unsaturated/α-hetero) is 1. The maximum absolute atomic E-state index is 13.6. The number of hydrogen-bond acceptors (Lipinski definition) is 2. The lowest BCUT2D eigenvalue weighted by Crippen LogP contribution is -2.22. The van der Waals surface area contributed by atoms with Crippen LogP contribution in [-0.4, -0.2) is 24.3 Å². The van der Waals surface area contributed by atoms with Gasteiger partial charge in [0, 0.05) is 35.1 Å². The Morgan fingerprint density at radius 1 is 1.19 bits per heavy atom. The van der Waals surface area contributed by atoms with Gasteiger partial charge < -0.3 is 4.90 Å². The highest BCUT2D eigenvalue weighted by Gasteiger charge is 2.09. The van der Waals surface area contributed by atoms with Crippen LogP contribution in [0, 0.1) is 5.82 Å². The minimum atomic E-state index is -0.206. The Balaban J connectivity index is 1.88. The molecule has 0 saturated heterocycles. The van der Waals surface area contributed by atoms with E-state index in [-0.39, 0.29) is 11.6 Å². The molecule has 2 aromatic rings. The molecular formula is C17H17BrFNO. The summed E-state index contributed by atoms with van der Waals surface area (Å²) in [6, 6.07) is 14.1. The lowest BCUT2D eigenvalue weighted by molar-refractivity contribution is 0.0967.